The van der Waals surface area contributed by atoms with Gasteiger partial charge in [-0.15, -0.1) is 0 Å². The zero-order valence-corrected chi connectivity index (χ0v) is 14.2. The van der Waals surface area contributed by atoms with Gasteiger partial charge < -0.3 is 16.2 Å². The molecule has 0 saturated heterocycles. The summed E-state index contributed by atoms with van der Waals surface area (Å²) in [4.78, 5) is 24.0. The third-order valence-corrected chi connectivity index (χ3v) is 4.10. The van der Waals surface area contributed by atoms with Crippen LogP contribution < -0.4 is 16.5 Å². The summed E-state index contributed by atoms with van der Waals surface area (Å²) < 4.78 is 0. The summed E-state index contributed by atoms with van der Waals surface area (Å²) in [5.74, 6) is 5.38. The van der Waals surface area contributed by atoms with Crippen molar-refractivity contribution in [3.8, 4) is 11.8 Å². The molecule has 134 valence electrons. The molecule has 2 rings (SSSR count). The SMILES string of the molecule is CC(C)(N)C(NC(=O)c1ccc(C#CC2CC2CO)cc1)C(=O)NO. The molecule has 0 heterocycles. The van der Waals surface area contributed by atoms with Crippen molar-refractivity contribution in [1.82, 2.24) is 10.8 Å². The summed E-state index contributed by atoms with van der Waals surface area (Å²) >= 11 is 0. The number of aliphatic hydroxyl groups is 1. The molecule has 1 aliphatic rings. The Morgan fingerprint density at radius 3 is 2.48 bits per heavy atom. The highest BCUT2D eigenvalue weighted by atomic mass is 16.5. The lowest BCUT2D eigenvalue weighted by Crippen LogP contribution is -2.61. The number of carbonyl (C=O) groups is 2. The molecule has 0 aromatic heterocycles. The van der Waals surface area contributed by atoms with Crippen molar-refractivity contribution in [2.75, 3.05) is 6.61 Å². The zero-order valence-electron chi connectivity index (χ0n) is 14.2. The van der Waals surface area contributed by atoms with Crippen LogP contribution in [0.5, 0.6) is 0 Å². The van der Waals surface area contributed by atoms with E-state index in [2.05, 4.69) is 17.2 Å². The molecular formula is C18H23N3O4. The maximum Gasteiger partial charge on any atom is 0.267 e. The average Bonchev–Trinajstić information content (AvgIpc) is 3.35. The summed E-state index contributed by atoms with van der Waals surface area (Å²) in [5.41, 5.74) is 7.46. The maximum absolute atomic E-state index is 12.3. The number of amides is 2. The molecular weight excluding hydrogens is 322 g/mol. The van der Waals surface area contributed by atoms with E-state index in [1.165, 1.54) is 5.48 Å². The summed E-state index contributed by atoms with van der Waals surface area (Å²) in [6.07, 6.45) is 0.924. The maximum atomic E-state index is 12.3. The molecule has 3 atom stereocenters. The minimum absolute atomic E-state index is 0.165. The van der Waals surface area contributed by atoms with Crippen LogP contribution in [-0.4, -0.2) is 40.3 Å². The van der Waals surface area contributed by atoms with Gasteiger partial charge in [-0.25, -0.2) is 5.48 Å². The van der Waals surface area contributed by atoms with E-state index in [-0.39, 0.29) is 18.4 Å². The minimum atomic E-state index is -1.09. The number of carbonyl (C=O) groups excluding carboxylic acids is 2. The van der Waals surface area contributed by atoms with Gasteiger partial charge in [0, 0.05) is 29.2 Å². The van der Waals surface area contributed by atoms with Gasteiger partial charge in [-0.1, -0.05) is 11.8 Å². The van der Waals surface area contributed by atoms with Crippen LogP contribution >= 0.6 is 0 Å². The second-order valence-electron chi connectivity index (χ2n) is 6.84. The third kappa shape index (κ3) is 5.03. The molecule has 7 heteroatoms. The van der Waals surface area contributed by atoms with Gasteiger partial charge in [-0.3, -0.25) is 14.8 Å². The molecule has 0 spiro atoms. The quantitative estimate of drug-likeness (QED) is 0.292. The summed E-state index contributed by atoms with van der Waals surface area (Å²) in [6.45, 7) is 3.31. The lowest BCUT2D eigenvalue weighted by Gasteiger charge is -2.29. The average molecular weight is 345 g/mol. The van der Waals surface area contributed by atoms with Gasteiger partial charge in [0.2, 0.25) is 0 Å². The highest BCUT2D eigenvalue weighted by Crippen LogP contribution is 2.36. The molecule has 1 aromatic rings. The monoisotopic (exact) mass is 345 g/mol. The Labute approximate surface area is 146 Å². The second-order valence-corrected chi connectivity index (χ2v) is 6.84. The molecule has 1 saturated carbocycles. The van der Waals surface area contributed by atoms with Crippen molar-refractivity contribution in [1.29, 1.82) is 0 Å². The second kappa shape index (κ2) is 7.66. The number of nitrogens with one attached hydrogen (secondary N) is 2. The van der Waals surface area contributed by atoms with Gasteiger partial charge in [0.15, 0.2) is 0 Å². The number of hydrogen-bond acceptors (Lipinski definition) is 5. The van der Waals surface area contributed by atoms with E-state index in [9.17, 15) is 9.59 Å². The first-order valence-electron chi connectivity index (χ1n) is 8.02. The van der Waals surface area contributed by atoms with Gasteiger partial charge in [0.1, 0.15) is 6.04 Å². The molecule has 7 nitrogen and oxygen atoms in total. The van der Waals surface area contributed by atoms with E-state index in [4.69, 9.17) is 16.0 Å². The molecule has 3 unspecified atom stereocenters. The number of nitrogens with two attached hydrogens (primary N) is 1. The predicted molar refractivity (Wildman–Crippen MR) is 91.5 cm³/mol. The van der Waals surface area contributed by atoms with Crippen molar-refractivity contribution in [3.05, 3.63) is 35.4 Å². The molecule has 1 aliphatic carbocycles. The molecule has 25 heavy (non-hydrogen) atoms. The standard InChI is InChI=1S/C18H23N3O4/c1-18(2,19)15(17(24)21-25)20-16(23)12-6-3-11(4-7-12)5-8-13-9-14(13)10-22/h3-4,6-7,13-15,22,25H,9-10,19H2,1-2H3,(H,20,23)(H,21,24). The Morgan fingerprint density at radius 1 is 1.36 bits per heavy atom. The Bertz CT molecular complexity index is 698. The number of hydroxylamine groups is 1. The number of rotatable bonds is 5. The van der Waals surface area contributed by atoms with Crippen LogP contribution in [-0.2, 0) is 4.79 Å². The van der Waals surface area contributed by atoms with Gasteiger partial charge >= 0.3 is 0 Å². The molecule has 1 fully saturated rings. The lowest BCUT2D eigenvalue weighted by atomic mass is 9.95. The van der Waals surface area contributed by atoms with Crippen LogP contribution in [0.25, 0.3) is 0 Å². The smallest absolute Gasteiger partial charge is 0.267 e. The Hall–Kier alpha value is -2.40. The normalized spacial score (nSPS) is 20.0. The third-order valence-electron chi connectivity index (χ3n) is 4.10. The first-order valence-corrected chi connectivity index (χ1v) is 8.02. The highest BCUT2D eigenvalue weighted by Gasteiger charge is 2.35. The van der Waals surface area contributed by atoms with Crippen molar-refractivity contribution < 1.29 is 19.9 Å². The van der Waals surface area contributed by atoms with Crippen LogP contribution in [0, 0.1) is 23.7 Å². The fraction of sp³-hybridized carbons (Fsp3) is 0.444. The van der Waals surface area contributed by atoms with Crippen LogP contribution in [0.3, 0.4) is 0 Å². The lowest BCUT2D eigenvalue weighted by molar-refractivity contribution is -0.132. The van der Waals surface area contributed by atoms with E-state index < -0.39 is 23.4 Å². The van der Waals surface area contributed by atoms with Gasteiger partial charge in [0.25, 0.3) is 11.8 Å². The Morgan fingerprint density at radius 2 is 2.00 bits per heavy atom. The van der Waals surface area contributed by atoms with Gasteiger partial charge in [-0.05, 0) is 50.5 Å². The molecule has 0 bridgehead atoms. The van der Waals surface area contributed by atoms with E-state index in [0.29, 0.717) is 5.56 Å². The predicted octanol–water partition coefficient (Wildman–Crippen LogP) is 0.00760. The minimum Gasteiger partial charge on any atom is -0.396 e. The molecule has 1 aromatic carbocycles. The molecule has 2 amide bonds. The Kier molecular flexibility index (Phi) is 5.80. The fourth-order valence-electron chi connectivity index (χ4n) is 2.38. The topological polar surface area (TPSA) is 125 Å². The van der Waals surface area contributed by atoms with Crippen LogP contribution in [0.2, 0.25) is 0 Å². The van der Waals surface area contributed by atoms with Crippen LogP contribution in [0.15, 0.2) is 24.3 Å². The van der Waals surface area contributed by atoms with E-state index in [1.54, 1.807) is 38.1 Å². The first-order chi connectivity index (χ1) is 11.8. The van der Waals surface area contributed by atoms with Crippen molar-refractivity contribution in [2.45, 2.75) is 31.8 Å². The van der Waals surface area contributed by atoms with E-state index in [0.717, 1.165) is 12.0 Å². The van der Waals surface area contributed by atoms with Crippen molar-refractivity contribution in [2.24, 2.45) is 17.6 Å². The van der Waals surface area contributed by atoms with E-state index >= 15 is 0 Å². The number of hydrogen-bond donors (Lipinski definition) is 5. The number of benzene rings is 1. The van der Waals surface area contributed by atoms with Crippen LogP contribution in [0.4, 0.5) is 0 Å². The summed E-state index contributed by atoms with van der Waals surface area (Å²) in [7, 11) is 0. The summed E-state index contributed by atoms with van der Waals surface area (Å²) in [6, 6.07) is 5.55. The number of aliphatic hydroxyl groups excluding tert-OH is 1. The van der Waals surface area contributed by atoms with Gasteiger partial charge in [0.05, 0.1) is 0 Å². The van der Waals surface area contributed by atoms with Crippen molar-refractivity contribution >= 4 is 11.8 Å². The molecule has 0 radical (unpaired) electrons. The first kappa shape index (κ1) is 18.9. The van der Waals surface area contributed by atoms with Gasteiger partial charge in [-0.2, -0.15) is 0 Å². The summed E-state index contributed by atoms with van der Waals surface area (Å²) in [5, 5.41) is 20.3. The zero-order chi connectivity index (χ0) is 18.6. The fourth-order valence-corrected chi connectivity index (χ4v) is 2.38. The highest BCUT2D eigenvalue weighted by molar-refractivity contribution is 5.97. The van der Waals surface area contributed by atoms with Crippen LogP contribution in [0.1, 0.15) is 36.2 Å². The largest absolute Gasteiger partial charge is 0.396 e. The molecule has 0 aliphatic heterocycles. The molecule has 6 N–H and O–H groups in total. The van der Waals surface area contributed by atoms with E-state index in [1.807, 2.05) is 0 Å². The van der Waals surface area contributed by atoms with Crippen molar-refractivity contribution in [3.63, 3.8) is 0 Å². The Balaban J connectivity index is 2.03.